The van der Waals surface area contributed by atoms with Gasteiger partial charge in [0.1, 0.15) is 6.10 Å². The maximum Gasteiger partial charge on any atom is 0.506 e. The molecule has 1 aliphatic rings. The molecule has 1 fully saturated rings. The maximum absolute atomic E-state index is 10.4. The van der Waals surface area contributed by atoms with Gasteiger partial charge in [0.15, 0.2) is 0 Å². The van der Waals surface area contributed by atoms with Crippen molar-refractivity contribution >= 4 is 12.3 Å². The number of hydrogen-bond donors (Lipinski definition) is 2. The van der Waals surface area contributed by atoms with E-state index in [9.17, 15) is 9.59 Å². The smallest absolute Gasteiger partial charge is 0.450 e. The van der Waals surface area contributed by atoms with Crippen molar-refractivity contribution in [3.63, 3.8) is 0 Å². The highest BCUT2D eigenvalue weighted by Gasteiger charge is 2.37. The molecule has 0 radical (unpaired) electrons. The SMILES string of the molecule is C=C[C@H]1C(CCOC(=O)O)OC[C@H]1OC(=O)O. The van der Waals surface area contributed by atoms with Crippen LogP contribution in [0.15, 0.2) is 12.7 Å². The molecule has 1 saturated heterocycles. The molecule has 0 amide bonds. The summed E-state index contributed by atoms with van der Waals surface area (Å²) in [5.74, 6) is -0.288. The van der Waals surface area contributed by atoms with Gasteiger partial charge in [-0.1, -0.05) is 6.08 Å². The average molecular weight is 246 g/mol. The Morgan fingerprint density at radius 3 is 2.65 bits per heavy atom. The zero-order chi connectivity index (χ0) is 12.8. The summed E-state index contributed by atoms with van der Waals surface area (Å²) >= 11 is 0. The van der Waals surface area contributed by atoms with E-state index in [0.29, 0.717) is 6.42 Å². The van der Waals surface area contributed by atoms with Gasteiger partial charge in [-0.25, -0.2) is 9.59 Å². The van der Waals surface area contributed by atoms with Crippen LogP contribution in [0.1, 0.15) is 6.42 Å². The van der Waals surface area contributed by atoms with Gasteiger partial charge in [0.2, 0.25) is 0 Å². The predicted molar refractivity (Wildman–Crippen MR) is 54.9 cm³/mol. The molecule has 0 aromatic heterocycles. The van der Waals surface area contributed by atoms with Gasteiger partial charge in [0, 0.05) is 12.3 Å². The van der Waals surface area contributed by atoms with E-state index < -0.39 is 18.4 Å². The van der Waals surface area contributed by atoms with Crippen LogP contribution < -0.4 is 0 Å². The molecule has 0 aromatic carbocycles. The summed E-state index contributed by atoms with van der Waals surface area (Å²) in [5.41, 5.74) is 0. The van der Waals surface area contributed by atoms with E-state index >= 15 is 0 Å². The van der Waals surface area contributed by atoms with Crippen LogP contribution in [0, 0.1) is 5.92 Å². The normalized spacial score (nSPS) is 27.4. The summed E-state index contributed by atoms with van der Waals surface area (Å²) in [6, 6.07) is 0. The first-order valence-corrected chi connectivity index (χ1v) is 5.04. The molecule has 1 aliphatic heterocycles. The molecular weight excluding hydrogens is 232 g/mol. The molecule has 3 atom stereocenters. The highest BCUT2D eigenvalue weighted by molar-refractivity contribution is 5.57. The first kappa shape index (κ1) is 13.3. The van der Waals surface area contributed by atoms with Crippen molar-refractivity contribution in [1.29, 1.82) is 0 Å². The second kappa shape index (κ2) is 6.09. The van der Waals surface area contributed by atoms with E-state index in [-0.39, 0.29) is 25.2 Å². The van der Waals surface area contributed by atoms with Gasteiger partial charge in [0.25, 0.3) is 0 Å². The lowest BCUT2D eigenvalue weighted by Crippen LogP contribution is -2.27. The number of carboxylic acid groups (broad SMARTS) is 2. The fourth-order valence-electron chi connectivity index (χ4n) is 1.76. The molecule has 0 bridgehead atoms. The topological polar surface area (TPSA) is 102 Å². The molecule has 0 aliphatic carbocycles. The largest absolute Gasteiger partial charge is 0.506 e. The summed E-state index contributed by atoms with van der Waals surface area (Å²) in [4.78, 5) is 20.6. The quantitative estimate of drug-likeness (QED) is 0.557. The van der Waals surface area contributed by atoms with Crippen molar-refractivity contribution in [3.8, 4) is 0 Å². The van der Waals surface area contributed by atoms with E-state index in [1.54, 1.807) is 6.08 Å². The van der Waals surface area contributed by atoms with Crippen molar-refractivity contribution < 1.29 is 34.0 Å². The molecule has 2 N–H and O–H groups in total. The van der Waals surface area contributed by atoms with Gasteiger partial charge in [-0.3, -0.25) is 0 Å². The monoisotopic (exact) mass is 246 g/mol. The lowest BCUT2D eigenvalue weighted by atomic mass is 9.97. The molecule has 7 nitrogen and oxygen atoms in total. The van der Waals surface area contributed by atoms with Crippen LogP contribution in [-0.2, 0) is 14.2 Å². The maximum atomic E-state index is 10.4. The Hall–Kier alpha value is -1.76. The minimum Gasteiger partial charge on any atom is -0.450 e. The zero-order valence-electron chi connectivity index (χ0n) is 9.07. The van der Waals surface area contributed by atoms with Crippen LogP contribution in [0.5, 0.6) is 0 Å². The second-order valence-corrected chi connectivity index (χ2v) is 3.51. The number of ether oxygens (including phenoxy) is 3. The highest BCUT2D eigenvalue weighted by Crippen LogP contribution is 2.27. The Kier molecular flexibility index (Phi) is 4.77. The van der Waals surface area contributed by atoms with Crippen LogP contribution >= 0.6 is 0 Å². The van der Waals surface area contributed by atoms with E-state index in [2.05, 4.69) is 16.1 Å². The molecule has 0 saturated carbocycles. The summed E-state index contributed by atoms with van der Waals surface area (Å²) in [6.07, 6.45) is -1.77. The number of carbonyl (C=O) groups is 2. The van der Waals surface area contributed by atoms with E-state index in [1.165, 1.54) is 0 Å². The van der Waals surface area contributed by atoms with Crippen LogP contribution in [-0.4, -0.2) is 47.9 Å². The minimum atomic E-state index is -1.37. The Morgan fingerprint density at radius 2 is 2.12 bits per heavy atom. The van der Waals surface area contributed by atoms with Gasteiger partial charge in [-0.05, 0) is 0 Å². The molecule has 7 heteroatoms. The first-order valence-electron chi connectivity index (χ1n) is 5.04. The molecule has 17 heavy (non-hydrogen) atoms. The van der Waals surface area contributed by atoms with Crippen molar-refractivity contribution in [2.24, 2.45) is 5.92 Å². The van der Waals surface area contributed by atoms with Gasteiger partial charge < -0.3 is 24.4 Å². The van der Waals surface area contributed by atoms with E-state index in [1.807, 2.05) is 0 Å². The Labute approximate surface area is 97.6 Å². The van der Waals surface area contributed by atoms with Crippen molar-refractivity contribution in [2.75, 3.05) is 13.2 Å². The predicted octanol–water partition coefficient (Wildman–Crippen LogP) is 1.34. The number of hydrogen-bond acceptors (Lipinski definition) is 5. The van der Waals surface area contributed by atoms with Crippen LogP contribution in [0.4, 0.5) is 9.59 Å². The fraction of sp³-hybridized carbons (Fsp3) is 0.600. The van der Waals surface area contributed by atoms with Gasteiger partial charge in [-0.2, -0.15) is 0 Å². The van der Waals surface area contributed by atoms with Crippen molar-refractivity contribution in [3.05, 3.63) is 12.7 Å². The Bertz CT molecular complexity index is 301. The third-order valence-electron chi connectivity index (χ3n) is 2.49. The van der Waals surface area contributed by atoms with Crippen molar-refractivity contribution in [2.45, 2.75) is 18.6 Å². The van der Waals surface area contributed by atoms with Gasteiger partial charge in [-0.15, -0.1) is 6.58 Å². The molecule has 1 heterocycles. The van der Waals surface area contributed by atoms with Gasteiger partial charge >= 0.3 is 12.3 Å². The minimum absolute atomic E-state index is 0.00979. The first-order chi connectivity index (χ1) is 8.04. The standard InChI is InChI=1S/C10H14O7/c1-2-6-7(3-4-15-9(11)12)16-5-8(6)17-10(13)14/h2,6-8H,1,3-5H2,(H,11,12)(H,13,14)/t6-,7?,8+/m0/s1. The summed E-state index contributed by atoms with van der Waals surface area (Å²) < 4.78 is 14.3. The Balaban J connectivity index is 2.43. The second-order valence-electron chi connectivity index (χ2n) is 3.51. The van der Waals surface area contributed by atoms with E-state index in [4.69, 9.17) is 14.9 Å². The highest BCUT2D eigenvalue weighted by atomic mass is 16.7. The van der Waals surface area contributed by atoms with Crippen LogP contribution in [0.2, 0.25) is 0 Å². The third kappa shape index (κ3) is 3.95. The van der Waals surface area contributed by atoms with Crippen LogP contribution in [0.25, 0.3) is 0 Å². The van der Waals surface area contributed by atoms with E-state index in [0.717, 1.165) is 0 Å². The fourth-order valence-corrected chi connectivity index (χ4v) is 1.76. The molecule has 1 unspecified atom stereocenters. The van der Waals surface area contributed by atoms with Gasteiger partial charge in [0.05, 0.1) is 19.3 Å². The summed E-state index contributed by atoms with van der Waals surface area (Å²) in [7, 11) is 0. The average Bonchev–Trinajstić information content (AvgIpc) is 2.59. The number of rotatable bonds is 5. The molecule has 1 rings (SSSR count). The summed E-state index contributed by atoms with van der Waals surface area (Å²) in [6.45, 7) is 3.71. The lowest BCUT2D eigenvalue weighted by Gasteiger charge is -2.17. The van der Waals surface area contributed by atoms with Crippen LogP contribution in [0.3, 0.4) is 0 Å². The van der Waals surface area contributed by atoms with Crippen molar-refractivity contribution in [1.82, 2.24) is 0 Å². The molecule has 96 valence electrons. The molecular formula is C10H14O7. The lowest BCUT2D eigenvalue weighted by molar-refractivity contribution is 0.0345. The summed E-state index contributed by atoms with van der Waals surface area (Å²) in [5, 5.41) is 16.8. The zero-order valence-corrected chi connectivity index (χ0v) is 9.07. The molecule has 0 aromatic rings. The molecule has 0 spiro atoms. The third-order valence-corrected chi connectivity index (χ3v) is 2.49. The Morgan fingerprint density at radius 1 is 1.41 bits per heavy atom.